The summed E-state index contributed by atoms with van der Waals surface area (Å²) in [5, 5.41) is 0. The van der Waals surface area contributed by atoms with Crippen molar-refractivity contribution < 1.29 is 0 Å². The Balaban J connectivity index is 1.83. The molecule has 2 rings (SSSR count). The van der Waals surface area contributed by atoms with Gasteiger partial charge >= 0.3 is 0 Å². The number of benzene rings is 1. The van der Waals surface area contributed by atoms with E-state index in [9.17, 15) is 0 Å². The summed E-state index contributed by atoms with van der Waals surface area (Å²) in [5.74, 6) is 1.08. The maximum Gasteiger partial charge on any atom is 0.106 e. The quantitative estimate of drug-likeness (QED) is 0.734. The number of H-pyrrole nitrogens is 1. The largest absolute Gasteiger partial charge is 0.342 e. The Morgan fingerprint density at radius 1 is 1.00 bits per heavy atom. The molecule has 1 aromatic heterocycles. The van der Waals surface area contributed by atoms with Crippen molar-refractivity contribution in [1.82, 2.24) is 9.97 Å². The van der Waals surface area contributed by atoms with E-state index in [4.69, 9.17) is 5.73 Å². The average Bonchev–Trinajstić information content (AvgIpc) is 2.88. The summed E-state index contributed by atoms with van der Waals surface area (Å²) < 4.78 is 0. The van der Waals surface area contributed by atoms with Crippen molar-refractivity contribution in [2.24, 2.45) is 5.73 Å². The van der Waals surface area contributed by atoms with Crippen molar-refractivity contribution in [3.63, 3.8) is 0 Å². The van der Waals surface area contributed by atoms with Gasteiger partial charge in [-0.15, -0.1) is 0 Å². The van der Waals surface area contributed by atoms with Gasteiger partial charge in [-0.3, -0.25) is 0 Å². The second-order valence-corrected chi connectivity index (χ2v) is 4.56. The predicted molar refractivity (Wildman–Crippen MR) is 75.3 cm³/mol. The Bertz CT molecular complexity index is 448. The van der Waals surface area contributed by atoms with E-state index in [0.717, 1.165) is 30.9 Å². The standard InChI is InChI=1S/C15H21N3/c16-11-7-2-1-6-10-15-17-12-14(18-15)13-8-4-3-5-9-13/h3-5,8-9,12H,1-2,6-7,10-11,16H2,(H,17,18). The van der Waals surface area contributed by atoms with Crippen LogP contribution in [-0.2, 0) is 6.42 Å². The number of nitrogens with zero attached hydrogens (tertiary/aromatic N) is 1. The van der Waals surface area contributed by atoms with Gasteiger partial charge in [0.25, 0.3) is 0 Å². The van der Waals surface area contributed by atoms with Crippen molar-refractivity contribution in [2.75, 3.05) is 6.54 Å². The second-order valence-electron chi connectivity index (χ2n) is 4.56. The van der Waals surface area contributed by atoms with E-state index in [1.807, 2.05) is 24.4 Å². The summed E-state index contributed by atoms with van der Waals surface area (Å²) in [4.78, 5) is 7.81. The number of unbranched alkanes of at least 4 members (excludes halogenated alkanes) is 3. The molecule has 0 spiro atoms. The van der Waals surface area contributed by atoms with Gasteiger partial charge in [0.1, 0.15) is 5.82 Å². The molecule has 0 fully saturated rings. The summed E-state index contributed by atoms with van der Waals surface area (Å²) in [6, 6.07) is 10.3. The van der Waals surface area contributed by atoms with Gasteiger partial charge in [0.05, 0.1) is 11.9 Å². The maximum atomic E-state index is 5.47. The van der Waals surface area contributed by atoms with Crippen LogP contribution >= 0.6 is 0 Å². The molecular formula is C15H21N3. The minimum Gasteiger partial charge on any atom is -0.342 e. The van der Waals surface area contributed by atoms with E-state index >= 15 is 0 Å². The molecule has 1 heterocycles. The van der Waals surface area contributed by atoms with E-state index in [2.05, 4.69) is 22.1 Å². The van der Waals surface area contributed by atoms with Crippen LogP contribution in [-0.4, -0.2) is 16.5 Å². The Morgan fingerprint density at radius 3 is 2.56 bits per heavy atom. The van der Waals surface area contributed by atoms with Crippen molar-refractivity contribution in [2.45, 2.75) is 32.1 Å². The predicted octanol–water partition coefficient (Wildman–Crippen LogP) is 3.14. The smallest absolute Gasteiger partial charge is 0.106 e. The molecule has 1 aromatic carbocycles. The van der Waals surface area contributed by atoms with Crippen LogP contribution in [0.1, 0.15) is 31.5 Å². The van der Waals surface area contributed by atoms with Gasteiger partial charge < -0.3 is 10.7 Å². The van der Waals surface area contributed by atoms with Crippen LogP contribution in [0.5, 0.6) is 0 Å². The first-order chi connectivity index (χ1) is 8.90. The van der Waals surface area contributed by atoms with Crippen LogP contribution < -0.4 is 5.73 Å². The van der Waals surface area contributed by atoms with Crippen LogP contribution in [0.4, 0.5) is 0 Å². The highest BCUT2D eigenvalue weighted by Crippen LogP contribution is 2.16. The van der Waals surface area contributed by atoms with Crippen molar-refractivity contribution >= 4 is 0 Å². The fourth-order valence-corrected chi connectivity index (χ4v) is 2.04. The lowest BCUT2D eigenvalue weighted by Gasteiger charge is -1.98. The molecule has 0 saturated carbocycles. The molecule has 0 aliphatic carbocycles. The van der Waals surface area contributed by atoms with E-state index in [-0.39, 0.29) is 0 Å². The Kier molecular flexibility index (Phi) is 4.97. The molecule has 96 valence electrons. The molecule has 0 unspecified atom stereocenters. The monoisotopic (exact) mass is 243 g/mol. The lowest BCUT2D eigenvalue weighted by Crippen LogP contribution is -1.98. The first-order valence-corrected chi connectivity index (χ1v) is 6.69. The van der Waals surface area contributed by atoms with E-state index in [0.29, 0.717) is 0 Å². The van der Waals surface area contributed by atoms with Gasteiger partial charge in [0.2, 0.25) is 0 Å². The molecular weight excluding hydrogens is 222 g/mol. The third-order valence-electron chi connectivity index (χ3n) is 3.08. The number of imidazole rings is 1. The van der Waals surface area contributed by atoms with Gasteiger partial charge in [-0.25, -0.2) is 4.98 Å². The molecule has 0 aliphatic heterocycles. The molecule has 3 nitrogen and oxygen atoms in total. The summed E-state index contributed by atoms with van der Waals surface area (Å²) in [6.45, 7) is 0.804. The minimum atomic E-state index is 0.804. The van der Waals surface area contributed by atoms with Gasteiger partial charge in [-0.05, 0) is 24.9 Å². The summed E-state index contributed by atoms with van der Waals surface area (Å²) >= 11 is 0. The number of aromatic amines is 1. The van der Waals surface area contributed by atoms with Crippen molar-refractivity contribution in [3.05, 3.63) is 42.4 Å². The maximum absolute atomic E-state index is 5.47. The zero-order valence-corrected chi connectivity index (χ0v) is 10.7. The molecule has 0 amide bonds. The third-order valence-corrected chi connectivity index (χ3v) is 3.08. The number of aryl methyl sites for hydroxylation is 1. The molecule has 0 atom stereocenters. The zero-order chi connectivity index (χ0) is 12.6. The van der Waals surface area contributed by atoms with Gasteiger partial charge in [-0.2, -0.15) is 0 Å². The number of nitrogens with one attached hydrogen (secondary N) is 1. The first-order valence-electron chi connectivity index (χ1n) is 6.69. The molecule has 3 heteroatoms. The minimum absolute atomic E-state index is 0.804. The molecule has 0 aliphatic rings. The third kappa shape index (κ3) is 3.70. The van der Waals surface area contributed by atoms with Crippen molar-refractivity contribution in [3.8, 4) is 11.3 Å². The van der Waals surface area contributed by atoms with Gasteiger partial charge in [0.15, 0.2) is 0 Å². The van der Waals surface area contributed by atoms with Crippen LogP contribution in [0.3, 0.4) is 0 Å². The van der Waals surface area contributed by atoms with Gasteiger partial charge in [-0.1, -0.05) is 43.2 Å². The van der Waals surface area contributed by atoms with Crippen LogP contribution in [0, 0.1) is 0 Å². The van der Waals surface area contributed by atoms with E-state index in [1.165, 1.54) is 24.8 Å². The fraction of sp³-hybridized carbons (Fsp3) is 0.400. The molecule has 0 radical (unpaired) electrons. The summed E-state index contributed by atoms with van der Waals surface area (Å²) in [5.41, 5.74) is 7.77. The average molecular weight is 243 g/mol. The SMILES string of the molecule is NCCCCCCc1ncc(-c2ccccc2)[nH]1. The zero-order valence-electron chi connectivity index (χ0n) is 10.7. The normalized spacial score (nSPS) is 10.7. The number of rotatable bonds is 7. The number of aromatic nitrogens is 2. The molecule has 0 bridgehead atoms. The Morgan fingerprint density at radius 2 is 1.78 bits per heavy atom. The number of nitrogens with two attached hydrogens (primary N) is 1. The molecule has 18 heavy (non-hydrogen) atoms. The highest BCUT2D eigenvalue weighted by Gasteiger charge is 2.02. The summed E-state index contributed by atoms with van der Waals surface area (Å²) in [7, 11) is 0. The lowest BCUT2D eigenvalue weighted by molar-refractivity contribution is 0.638. The topological polar surface area (TPSA) is 54.7 Å². The lowest BCUT2D eigenvalue weighted by atomic mass is 10.1. The molecule has 2 aromatic rings. The molecule has 0 saturated heterocycles. The van der Waals surface area contributed by atoms with Crippen molar-refractivity contribution in [1.29, 1.82) is 0 Å². The Labute approximate surface area is 108 Å². The van der Waals surface area contributed by atoms with Crippen LogP contribution in [0.15, 0.2) is 36.5 Å². The first kappa shape index (κ1) is 12.8. The number of hydrogen-bond acceptors (Lipinski definition) is 2. The summed E-state index contributed by atoms with van der Waals surface area (Å²) in [6.07, 6.45) is 7.72. The van der Waals surface area contributed by atoms with E-state index in [1.54, 1.807) is 0 Å². The van der Waals surface area contributed by atoms with Gasteiger partial charge in [0, 0.05) is 6.42 Å². The van der Waals surface area contributed by atoms with Crippen LogP contribution in [0.25, 0.3) is 11.3 Å². The number of hydrogen-bond donors (Lipinski definition) is 2. The fourth-order valence-electron chi connectivity index (χ4n) is 2.04. The molecule has 3 N–H and O–H groups in total. The highest BCUT2D eigenvalue weighted by molar-refractivity contribution is 5.57. The highest BCUT2D eigenvalue weighted by atomic mass is 14.9. The van der Waals surface area contributed by atoms with Crippen LogP contribution in [0.2, 0.25) is 0 Å². The Hall–Kier alpha value is -1.61. The second kappa shape index (κ2) is 6.97. The van der Waals surface area contributed by atoms with E-state index < -0.39 is 0 Å².